The van der Waals surface area contributed by atoms with E-state index in [4.69, 9.17) is 9.05 Å². The number of nitrogens with zero attached hydrogens (tertiary/aromatic N) is 2. The van der Waals surface area contributed by atoms with E-state index in [0.717, 1.165) is 12.1 Å². The molecule has 0 atom stereocenters. The molecule has 120 valence electrons. The van der Waals surface area contributed by atoms with Crippen LogP contribution in [-0.2, 0) is 13.6 Å². The van der Waals surface area contributed by atoms with Crippen LogP contribution in [0.15, 0.2) is 42.9 Å². The van der Waals surface area contributed by atoms with Crippen LogP contribution in [0.2, 0.25) is 0 Å². The number of hydrogen-bond acceptors (Lipinski definition) is 5. The van der Waals surface area contributed by atoms with Crippen LogP contribution in [0.5, 0.6) is 0 Å². The zero-order chi connectivity index (χ0) is 15.8. The predicted octanol–water partition coefficient (Wildman–Crippen LogP) is 3.56. The lowest BCUT2D eigenvalue weighted by molar-refractivity contribution is 0.217. The lowest BCUT2D eigenvalue weighted by atomic mass is 10.1. The first-order valence-electron chi connectivity index (χ1n) is 7.58. The smallest absolute Gasteiger partial charge is 0.332 e. The molecule has 1 aliphatic heterocycles. The molecule has 1 aliphatic rings. The zero-order valence-electron chi connectivity index (χ0n) is 13.1. The average Bonchev–Trinajstić information content (AvgIpc) is 2.55. The van der Waals surface area contributed by atoms with Gasteiger partial charge >= 0.3 is 7.60 Å². The Morgan fingerprint density at radius 2 is 1.91 bits per heavy atom. The Bertz CT molecular complexity index is 562. The largest absolute Gasteiger partial charge is 0.373 e. The quantitative estimate of drug-likeness (QED) is 0.685. The van der Waals surface area contributed by atoms with Gasteiger partial charge in [0, 0.05) is 25.5 Å². The van der Waals surface area contributed by atoms with Gasteiger partial charge in [0.15, 0.2) is 0 Å². The minimum atomic E-state index is -2.96. The van der Waals surface area contributed by atoms with Crippen LogP contribution in [0.1, 0.15) is 19.4 Å². The minimum Gasteiger partial charge on any atom is -0.373 e. The molecule has 0 fully saturated rings. The molecule has 2 heterocycles. The highest BCUT2D eigenvalue weighted by atomic mass is 31.2. The summed E-state index contributed by atoms with van der Waals surface area (Å²) in [5.74, 6) is 0. The van der Waals surface area contributed by atoms with E-state index in [1.54, 1.807) is 12.4 Å². The summed E-state index contributed by atoms with van der Waals surface area (Å²) in [4.78, 5) is 6.13. The average molecular weight is 322 g/mol. The fourth-order valence-corrected chi connectivity index (χ4v) is 3.89. The highest BCUT2D eigenvalue weighted by Gasteiger charge is 2.24. The number of pyridine rings is 1. The van der Waals surface area contributed by atoms with Gasteiger partial charge in [-0.2, -0.15) is 0 Å². The van der Waals surface area contributed by atoms with Crippen LogP contribution in [0, 0.1) is 0 Å². The second-order valence-corrected chi connectivity index (χ2v) is 7.06. The second kappa shape index (κ2) is 8.28. The summed E-state index contributed by atoms with van der Waals surface area (Å²) >= 11 is 0. The number of allylic oxidation sites excluding steroid dienone is 2. The van der Waals surface area contributed by atoms with Crippen LogP contribution < -0.4 is 0 Å². The van der Waals surface area contributed by atoms with Gasteiger partial charge < -0.3 is 13.9 Å². The van der Waals surface area contributed by atoms with E-state index >= 15 is 0 Å². The minimum absolute atomic E-state index is 0.400. The Morgan fingerprint density at radius 1 is 1.23 bits per heavy atom. The van der Waals surface area contributed by atoms with Crippen LogP contribution in [0.4, 0.5) is 0 Å². The first kappa shape index (κ1) is 16.9. The van der Waals surface area contributed by atoms with Crippen molar-refractivity contribution in [2.24, 2.45) is 0 Å². The van der Waals surface area contributed by atoms with Crippen molar-refractivity contribution in [1.82, 2.24) is 9.88 Å². The van der Waals surface area contributed by atoms with E-state index < -0.39 is 7.60 Å². The highest BCUT2D eigenvalue weighted by Crippen LogP contribution is 2.47. The molecule has 0 aromatic carbocycles. The van der Waals surface area contributed by atoms with Gasteiger partial charge in [-0.25, -0.2) is 0 Å². The van der Waals surface area contributed by atoms with Crippen molar-refractivity contribution in [3.8, 4) is 0 Å². The Morgan fingerprint density at radius 3 is 2.45 bits per heavy atom. The molecule has 22 heavy (non-hydrogen) atoms. The maximum absolute atomic E-state index is 12.4. The van der Waals surface area contributed by atoms with Crippen molar-refractivity contribution < 1.29 is 13.6 Å². The van der Waals surface area contributed by atoms with Crippen molar-refractivity contribution in [2.45, 2.75) is 13.8 Å². The van der Waals surface area contributed by atoms with Gasteiger partial charge in [-0.05, 0) is 49.4 Å². The van der Waals surface area contributed by atoms with E-state index in [1.807, 2.05) is 32.2 Å². The molecule has 0 N–H and O–H groups in total. The summed E-state index contributed by atoms with van der Waals surface area (Å²) in [5.41, 5.74) is 2.33. The maximum Gasteiger partial charge on any atom is 0.332 e. The van der Waals surface area contributed by atoms with Gasteiger partial charge in [0.25, 0.3) is 0 Å². The SMILES string of the molecule is CCOP(=O)(CCN1C=CC(c2ccncc2)=CC1)OCC. The molecule has 0 radical (unpaired) electrons. The van der Waals surface area contributed by atoms with Crippen LogP contribution in [-0.4, -0.2) is 42.3 Å². The van der Waals surface area contributed by atoms with Crippen molar-refractivity contribution in [3.05, 3.63) is 48.4 Å². The second-order valence-electron chi connectivity index (χ2n) is 4.88. The predicted molar refractivity (Wildman–Crippen MR) is 88.7 cm³/mol. The standard InChI is InChI=1S/C16H23N2O3P/c1-3-20-22(19,21-4-2)14-13-18-11-7-16(8-12-18)15-5-9-17-10-6-15/h5-11H,3-4,12-14H2,1-2H3. The van der Waals surface area contributed by atoms with Gasteiger partial charge in [-0.1, -0.05) is 6.08 Å². The van der Waals surface area contributed by atoms with Crippen molar-refractivity contribution >= 4 is 13.2 Å². The van der Waals surface area contributed by atoms with E-state index in [1.165, 1.54) is 5.57 Å². The fraction of sp³-hybridized carbons (Fsp3) is 0.438. The van der Waals surface area contributed by atoms with Gasteiger partial charge in [0.2, 0.25) is 0 Å². The summed E-state index contributed by atoms with van der Waals surface area (Å²) in [7, 11) is -2.96. The van der Waals surface area contributed by atoms with Crippen molar-refractivity contribution in [1.29, 1.82) is 0 Å². The molecule has 1 aromatic rings. The number of rotatable bonds is 8. The van der Waals surface area contributed by atoms with Crippen LogP contribution in [0.3, 0.4) is 0 Å². The third kappa shape index (κ3) is 4.80. The topological polar surface area (TPSA) is 51.7 Å². The summed E-state index contributed by atoms with van der Waals surface area (Å²) in [6.07, 6.45) is 10.2. The van der Waals surface area contributed by atoms with Gasteiger partial charge in [0.05, 0.1) is 19.4 Å². The normalized spacial score (nSPS) is 15.0. The molecule has 0 unspecified atom stereocenters. The molecular formula is C16H23N2O3P. The summed E-state index contributed by atoms with van der Waals surface area (Å²) in [6.45, 7) is 5.89. The van der Waals surface area contributed by atoms with Crippen LogP contribution >= 0.6 is 7.60 Å². The molecule has 6 heteroatoms. The molecule has 5 nitrogen and oxygen atoms in total. The molecule has 0 saturated heterocycles. The number of hydrogen-bond donors (Lipinski definition) is 0. The Hall–Kier alpha value is -1.42. The zero-order valence-corrected chi connectivity index (χ0v) is 14.0. The Balaban J connectivity index is 1.89. The monoisotopic (exact) mass is 322 g/mol. The van der Waals surface area contributed by atoms with Crippen molar-refractivity contribution in [3.63, 3.8) is 0 Å². The Labute approximate surface area is 132 Å². The van der Waals surface area contributed by atoms with E-state index in [0.29, 0.717) is 25.9 Å². The van der Waals surface area contributed by atoms with Gasteiger partial charge in [-0.3, -0.25) is 9.55 Å². The lowest BCUT2D eigenvalue weighted by Crippen LogP contribution is -2.24. The van der Waals surface area contributed by atoms with Gasteiger partial charge in [0.1, 0.15) is 0 Å². The maximum atomic E-state index is 12.4. The molecule has 0 bridgehead atoms. The van der Waals surface area contributed by atoms with Crippen molar-refractivity contribution in [2.75, 3.05) is 32.5 Å². The Kier molecular flexibility index (Phi) is 6.37. The first-order valence-corrected chi connectivity index (χ1v) is 9.30. The summed E-state index contributed by atoms with van der Waals surface area (Å²) < 4.78 is 23.0. The van der Waals surface area contributed by atoms with Gasteiger partial charge in [-0.15, -0.1) is 0 Å². The first-order chi connectivity index (χ1) is 10.7. The van der Waals surface area contributed by atoms with Crippen LogP contribution in [0.25, 0.3) is 5.57 Å². The third-order valence-corrected chi connectivity index (χ3v) is 5.39. The highest BCUT2D eigenvalue weighted by molar-refractivity contribution is 7.53. The number of aromatic nitrogens is 1. The molecule has 1 aromatic heterocycles. The molecule has 0 spiro atoms. The fourth-order valence-electron chi connectivity index (χ4n) is 2.27. The molecule has 0 amide bonds. The van der Waals surface area contributed by atoms with E-state index in [9.17, 15) is 4.57 Å². The lowest BCUT2D eigenvalue weighted by Gasteiger charge is -2.25. The summed E-state index contributed by atoms with van der Waals surface area (Å²) in [5, 5.41) is 0. The molecule has 2 rings (SSSR count). The molecule has 0 aliphatic carbocycles. The molecule has 0 saturated carbocycles. The van der Waals surface area contributed by atoms with E-state index in [-0.39, 0.29) is 0 Å². The molecular weight excluding hydrogens is 299 g/mol. The third-order valence-electron chi connectivity index (χ3n) is 3.34. The summed E-state index contributed by atoms with van der Waals surface area (Å²) in [6, 6.07) is 3.98. The van der Waals surface area contributed by atoms with E-state index in [2.05, 4.69) is 22.0 Å².